The third-order valence-corrected chi connectivity index (χ3v) is 8.39. The summed E-state index contributed by atoms with van der Waals surface area (Å²) in [5, 5.41) is 3.08. The van der Waals surface area contributed by atoms with E-state index in [2.05, 4.69) is 5.32 Å². The molecule has 5 fully saturated rings. The van der Waals surface area contributed by atoms with E-state index >= 15 is 0 Å². The zero-order valence-corrected chi connectivity index (χ0v) is 20.5. The first-order valence-corrected chi connectivity index (χ1v) is 12.6. The van der Waals surface area contributed by atoms with E-state index in [0.717, 1.165) is 44.9 Å². The topological polar surface area (TPSA) is 98.8 Å². The number of ketones is 1. The molecule has 5 aliphatic rings. The molecule has 184 valence electrons. The molecule has 0 aromatic rings. The maximum Gasteiger partial charge on any atom is 0.329 e. The SMILES string of the molecule is COC(=O)C12CC3CC(CC(C(=O)N[C@@H](CC4CCC(=O)CC4)C(=O)OC(C)(C)C)(C3)C1)C2. The Morgan fingerprint density at radius 2 is 1.61 bits per heavy atom. The van der Waals surface area contributed by atoms with Crippen LogP contribution in [0.4, 0.5) is 0 Å². The van der Waals surface area contributed by atoms with Gasteiger partial charge >= 0.3 is 11.9 Å². The van der Waals surface area contributed by atoms with Crippen molar-refractivity contribution < 1.29 is 28.7 Å². The summed E-state index contributed by atoms with van der Waals surface area (Å²) in [4.78, 5) is 51.3. The normalized spacial score (nSPS) is 34.6. The molecule has 0 aromatic carbocycles. The maximum atomic E-state index is 13.8. The highest BCUT2D eigenvalue weighted by molar-refractivity contribution is 5.90. The number of rotatable bonds is 6. The largest absolute Gasteiger partial charge is 0.469 e. The lowest BCUT2D eigenvalue weighted by atomic mass is 9.44. The van der Waals surface area contributed by atoms with Crippen LogP contribution in [0.5, 0.6) is 0 Å². The number of carbonyl (C=O) groups is 4. The Morgan fingerprint density at radius 3 is 2.15 bits per heavy atom. The number of amides is 1. The van der Waals surface area contributed by atoms with Crippen molar-refractivity contribution in [3.05, 3.63) is 0 Å². The fourth-order valence-corrected chi connectivity index (χ4v) is 7.45. The predicted molar refractivity (Wildman–Crippen MR) is 121 cm³/mol. The van der Waals surface area contributed by atoms with Crippen molar-refractivity contribution in [1.29, 1.82) is 0 Å². The summed E-state index contributed by atoms with van der Waals surface area (Å²) in [5.41, 5.74) is -1.85. The Bertz CT molecular complexity index is 803. The number of hydrogen-bond donors (Lipinski definition) is 1. The standard InChI is InChI=1S/C26H39NO6/c1-24(2,3)33-21(29)20(10-16-5-7-19(28)8-6-16)27-22(30)25-11-17-9-18(12-25)14-26(13-17,15-25)23(31)32-4/h16-18,20H,5-15H2,1-4H3,(H,27,30)/t17?,18?,20-,25?,26?/m0/s1. The number of methoxy groups -OCH3 is 1. The van der Waals surface area contributed by atoms with Crippen LogP contribution in [-0.4, -0.2) is 42.4 Å². The molecule has 0 heterocycles. The van der Waals surface area contributed by atoms with Crippen LogP contribution >= 0.6 is 0 Å². The van der Waals surface area contributed by atoms with Gasteiger partial charge in [-0.2, -0.15) is 0 Å². The van der Waals surface area contributed by atoms with Crippen LogP contribution in [0.3, 0.4) is 0 Å². The first kappa shape index (κ1) is 24.2. The van der Waals surface area contributed by atoms with E-state index in [0.29, 0.717) is 37.5 Å². The molecule has 5 rings (SSSR count). The first-order chi connectivity index (χ1) is 15.4. The van der Waals surface area contributed by atoms with Crippen LogP contribution in [0, 0.1) is 28.6 Å². The number of hydrogen-bond acceptors (Lipinski definition) is 6. The summed E-state index contributed by atoms with van der Waals surface area (Å²) < 4.78 is 10.8. The molecule has 1 amide bonds. The third kappa shape index (κ3) is 4.97. The van der Waals surface area contributed by atoms with E-state index in [1.165, 1.54) is 7.11 Å². The smallest absolute Gasteiger partial charge is 0.329 e. The summed E-state index contributed by atoms with van der Waals surface area (Å²) in [7, 11) is 1.43. The van der Waals surface area contributed by atoms with Crippen LogP contribution in [0.25, 0.3) is 0 Å². The molecule has 3 atom stereocenters. The molecule has 5 saturated carbocycles. The number of esters is 2. The number of ether oxygens (including phenoxy) is 2. The minimum absolute atomic E-state index is 0.118. The number of nitrogens with one attached hydrogen (secondary N) is 1. The van der Waals surface area contributed by atoms with Gasteiger partial charge in [0, 0.05) is 12.8 Å². The van der Waals surface area contributed by atoms with Gasteiger partial charge in [0.1, 0.15) is 17.4 Å². The Morgan fingerprint density at radius 1 is 1.03 bits per heavy atom. The monoisotopic (exact) mass is 461 g/mol. The van der Waals surface area contributed by atoms with Crippen molar-refractivity contribution in [1.82, 2.24) is 5.32 Å². The second kappa shape index (κ2) is 8.70. The summed E-state index contributed by atoms with van der Waals surface area (Å²) in [6, 6.07) is -0.739. The van der Waals surface area contributed by atoms with E-state index in [9.17, 15) is 19.2 Å². The average Bonchev–Trinajstić information content (AvgIpc) is 2.72. The van der Waals surface area contributed by atoms with E-state index in [-0.39, 0.29) is 23.6 Å². The molecular formula is C26H39NO6. The number of Topliss-reactive ketones (excluding diaryl/α,β-unsaturated/α-hetero) is 1. The second-order valence-electron chi connectivity index (χ2n) is 12.3. The first-order valence-electron chi connectivity index (χ1n) is 12.6. The van der Waals surface area contributed by atoms with Gasteiger partial charge < -0.3 is 14.8 Å². The fourth-order valence-electron chi connectivity index (χ4n) is 7.45. The molecule has 2 unspecified atom stereocenters. The molecular weight excluding hydrogens is 422 g/mol. The van der Waals surface area contributed by atoms with Gasteiger partial charge in [-0.3, -0.25) is 14.4 Å². The lowest BCUT2D eigenvalue weighted by Gasteiger charge is -2.59. The van der Waals surface area contributed by atoms with E-state index in [4.69, 9.17) is 9.47 Å². The second-order valence-corrected chi connectivity index (χ2v) is 12.3. The number of carbonyl (C=O) groups excluding carboxylic acids is 4. The highest BCUT2D eigenvalue weighted by atomic mass is 16.6. The summed E-state index contributed by atoms with van der Waals surface area (Å²) >= 11 is 0. The van der Waals surface area contributed by atoms with E-state index in [1.54, 1.807) is 0 Å². The van der Waals surface area contributed by atoms with Crippen molar-refractivity contribution in [3.63, 3.8) is 0 Å². The van der Waals surface area contributed by atoms with Crippen molar-refractivity contribution >= 4 is 23.6 Å². The zero-order valence-electron chi connectivity index (χ0n) is 20.5. The van der Waals surface area contributed by atoms with Gasteiger partial charge in [-0.1, -0.05) is 0 Å². The lowest BCUT2D eigenvalue weighted by Crippen LogP contribution is -2.61. The Balaban J connectivity index is 1.52. The van der Waals surface area contributed by atoms with Gasteiger partial charge in [-0.05, 0) is 96.3 Å². The van der Waals surface area contributed by atoms with Crippen molar-refractivity contribution in [2.45, 2.75) is 103 Å². The minimum atomic E-state index is -0.739. The molecule has 4 bridgehead atoms. The molecule has 5 aliphatic carbocycles. The lowest BCUT2D eigenvalue weighted by molar-refractivity contribution is -0.183. The molecule has 0 aromatic heterocycles. The van der Waals surface area contributed by atoms with Gasteiger partial charge in [0.2, 0.25) is 5.91 Å². The molecule has 7 nitrogen and oxygen atoms in total. The highest BCUT2D eigenvalue weighted by Gasteiger charge is 2.63. The molecule has 0 aliphatic heterocycles. The van der Waals surface area contributed by atoms with Crippen LogP contribution in [-0.2, 0) is 28.7 Å². The van der Waals surface area contributed by atoms with Gasteiger partial charge in [-0.15, -0.1) is 0 Å². The highest BCUT2D eigenvalue weighted by Crippen LogP contribution is 2.65. The van der Waals surface area contributed by atoms with Crippen molar-refractivity contribution in [3.8, 4) is 0 Å². The molecule has 0 spiro atoms. The van der Waals surface area contributed by atoms with Crippen molar-refractivity contribution in [2.75, 3.05) is 7.11 Å². The molecule has 0 saturated heterocycles. The van der Waals surface area contributed by atoms with Gasteiger partial charge in [0.05, 0.1) is 17.9 Å². The molecule has 0 radical (unpaired) electrons. The van der Waals surface area contributed by atoms with E-state index < -0.39 is 28.4 Å². The average molecular weight is 462 g/mol. The quantitative estimate of drug-likeness (QED) is 0.605. The molecule has 1 N–H and O–H groups in total. The van der Waals surface area contributed by atoms with Crippen LogP contribution in [0.2, 0.25) is 0 Å². The van der Waals surface area contributed by atoms with Crippen LogP contribution < -0.4 is 5.32 Å². The third-order valence-electron chi connectivity index (χ3n) is 8.39. The molecule has 33 heavy (non-hydrogen) atoms. The van der Waals surface area contributed by atoms with Crippen molar-refractivity contribution in [2.24, 2.45) is 28.6 Å². The predicted octanol–water partition coefficient (Wildman–Crippen LogP) is 3.72. The summed E-state index contributed by atoms with van der Waals surface area (Å²) in [5.74, 6) is 0.446. The van der Waals surface area contributed by atoms with E-state index in [1.807, 2.05) is 20.8 Å². The van der Waals surface area contributed by atoms with Crippen LogP contribution in [0.15, 0.2) is 0 Å². The Hall–Kier alpha value is -1.92. The molecule has 7 heteroatoms. The van der Waals surface area contributed by atoms with Gasteiger partial charge in [-0.25, -0.2) is 4.79 Å². The zero-order chi connectivity index (χ0) is 24.0. The van der Waals surface area contributed by atoms with Gasteiger partial charge in [0.15, 0.2) is 0 Å². The maximum absolute atomic E-state index is 13.8. The van der Waals surface area contributed by atoms with Crippen LogP contribution in [0.1, 0.15) is 91.4 Å². The fraction of sp³-hybridized carbons (Fsp3) is 0.846. The minimum Gasteiger partial charge on any atom is -0.469 e. The summed E-state index contributed by atoms with van der Waals surface area (Å²) in [6.07, 6.45) is 7.77. The van der Waals surface area contributed by atoms with Gasteiger partial charge in [0.25, 0.3) is 0 Å². The Kier molecular flexibility index (Phi) is 6.38. The summed E-state index contributed by atoms with van der Waals surface area (Å²) in [6.45, 7) is 5.47. The Labute approximate surface area is 196 Å².